The van der Waals surface area contributed by atoms with E-state index in [-0.39, 0.29) is 24.8 Å². The highest BCUT2D eigenvalue weighted by molar-refractivity contribution is 5.86. The molecule has 2 saturated carbocycles. The van der Waals surface area contributed by atoms with Crippen molar-refractivity contribution in [2.75, 3.05) is 30.9 Å². The number of fused-ring (bicyclic) bond motifs is 1. The maximum absolute atomic E-state index is 6.05. The molecule has 2 aromatic heterocycles. The number of halogens is 2. The topological polar surface area (TPSA) is 103 Å². The molecule has 2 aromatic rings. The van der Waals surface area contributed by atoms with Crippen LogP contribution in [0.4, 0.5) is 11.8 Å². The Kier molecular flexibility index (Phi) is 9.87. The van der Waals surface area contributed by atoms with Crippen LogP contribution in [-0.2, 0) is 4.74 Å². The molecule has 4 N–H and O–H groups in total. The molecule has 0 atom stereocenters. The monoisotopic (exact) mass is 459 g/mol. The lowest BCUT2D eigenvalue weighted by molar-refractivity contribution is 0.198. The molecule has 30 heavy (non-hydrogen) atoms. The van der Waals surface area contributed by atoms with Gasteiger partial charge in [0.25, 0.3) is 0 Å². The average Bonchev–Trinajstić information content (AvgIpc) is 3.36. The van der Waals surface area contributed by atoms with Gasteiger partial charge in [0, 0.05) is 38.4 Å². The van der Waals surface area contributed by atoms with Crippen LogP contribution in [0.2, 0.25) is 0 Å². The minimum absolute atomic E-state index is 0. The Morgan fingerprint density at radius 2 is 1.83 bits per heavy atom. The first-order valence-electron chi connectivity index (χ1n) is 10.7. The summed E-state index contributed by atoms with van der Waals surface area (Å²) < 4.78 is 7.41. The molecular weight excluding hydrogens is 425 g/mol. The van der Waals surface area contributed by atoms with E-state index < -0.39 is 0 Å². The highest BCUT2D eigenvalue weighted by atomic mass is 35.5. The SMILES string of the molecule is COCCCNc1nc(NC2CCC(N)CC2)nc2c1ncn2C1CCCC1.Cl.Cl. The van der Waals surface area contributed by atoms with Crippen molar-refractivity contribution in [2.24, 2.45) is 5.73 Å². The van der Waals surface area contributed by atoms with E-state index in [9.17, 15) is 0 Å². The number of anilines is 2. The van der Waals surface area contributed by atoms with Crippen molar-refractivity contribution >= 4 is 47.7 Å². The van der Waals surface area contributed by atoms with Crippen LogP contribution in [0.15, 0.2) is 6.33 Å². The number of hydrogen-bond acceptors (Lipinski definition) is 7. The molecule has 2 aliphatic carbocycles. The van der Waals surface area contributed by atoms with Gasteiger partial charge in [-0.1, -0.05) is 12.8 Å². The van der Waals surface area contributed by atoms with Crippen molar-refractivity contribution in [1.29, 1.82) is 0 Å². The third-order valence-electron chi connectivity index (χ3n) is 6.06. The second-order valence-corrected chi connectivity index (χ2v) is 8.19. The fraction of sp³-hybridized carbons (Fsp3) is 0.750. The fourth-order valence-electron chi connectivity index (χ4n) is 4.42. The van der Waals surface area contributed by atoms with Crippen LogP contribution in [0.1, 0.15) is 63.8 Å². The van der Waals surface area contributed by atoms with Gasteiger partial charge >= 0.3 is 0 Å². The van der Waals surface area contributed by atoms with Gasteiger partial charge in [-0.05, 0) is 44.9 Å². The van der Waals surface area contributed by atoms with Gasteiger partial charge in [0.05, 0.1) is 6.33 Å². The number of nitrogens with zero attached hydrogens (tertiary/aromatic N) is 4. The Labute approximate surface area is 191 Å². The molecule has 4 rings (SSSR count). The molecule has 0 aliphatic heterocycles. The molecule has 2 fully saturated rings. The summed E-state index contributed by atoms with van der Waals surface area (Å²) in [6.07, 6.45) is 12.1. The quantitative estimate of drug-likeness (QED) is 0.513. The van der Waals surface area contributed by atoms with Crippen LogP contribution in [0, 0.1) is 0 Å². The largest absolute Gasteiger partial charge is 0.385 e. The van der Waals surface area contributed by atoms with E-state index in [4.69, 9.17) is 20.4 Å². The summed E-state index contributed by atoms with van der Waals surface area (Å²) >= 11 is 0. The van der Waals surface area contributed by atoms with Gasteiger partial charge in [-0.2, -0.15) is 9.97 Å². The number of nitrogens with one attached hydrogen (secondary N) is 2. The maximum atomic E-state index is 6.05. The van der Waals surface area contributed by atoms with Crippen LogP contribution in [-0.4, -0.2) is 51.9 Å². The van der Waals surface area contributed by atoms with Crippen LogP contribution < -0.4 is 16.4 Å². The summed E-state index contributed by atoms with van der Waals surface area (Å²) in [6, 6.07) is 1.23. The van der Waals surface area contributed by atoms with Crippen LogP contribution in [0.25, 0.3) is 11.2 Å². The predicted molar refractivity (Wildman–Crippen MR) is 126 cm³/mol. The van der Waals surface area contributed by atoms with Crippen molar-refractivity contribution in [2.45, 2.75) is 75.9 Å². The predicted octanol–water partition coefficient (Wildman–Crippen LogP) is 3.92. The summed E-state index contributed by atoms with van der Waals surface area (Å²) in [6.45, 7) is 1.53. The van der Waals surface area contributed by atoms with Gasteiger partial charge in [-0.15, -0.1) is 24.8 Å². The van der Waals surface area contributed by atoms with E-state index in [1.807, 2.05) is 6.33 Å². The lowest BCUT2D eigenvalue weighted by Crippen LogP contribution is -2.33. The van der Waals surface area contributed by atoms with Crippen LogP contribution in [0.5, 0.6) is 0 Å². The first kappa shape index (κ1) is 24.9. The zero-order chi connectivity index (χ0) is 19.3. The molecule has 0 amide bonds. The highest BCUT2D eigenvalue weighted by Crippen LogP contribution is 2.33. The number of methoxy groups -OCH3 is 1. The molecule has 0 spiro atoms. The van der Waals surface area contributed by atoms with E-state index in [0.29, 0.717) is 24.1 Å². The van der Waals surface area contributed by atoms with Gasteiger partial charge in [0.1, 0.15) is 0 Å². The van der Waals surface area contributed by atoms with Gasteiger partial charge in [0.15, 0.2) is 17.0 Å². The third kappa shape index (κ3) is 5.87. The van der Waals surface area contributed by atoms with Crippen molar-refractivity contribution < 1.29 is 4.74 Å². The Bertz CT molecular complexity index is 774. The average molecular weight is 460 g/mol. The van der Waals surface area contributed by atoms with E-state index in [1.165, 1.54) is 25.7 Å². The summed E-state index contributed by atoms with van der Waals surface area (Å²) in [5.41, 5.74) is 7.85. The Morgan fingerprint density at radius 3 is 2.53 bits per heavy atom. The zero-order valence-electron chi connectivity index (χ0n) is 17.7. The molecule has 2 aliphatic rings. The lowest BCUT2D eigenvalue weighted by atomic mass is 9.92. The summed E-state index contributed by atoms with van der Waals surface area (Å²) in [5.74, 6) is 1.51. The highest BCUT2D eigenvalue weighted by Gasteiger charge is 2.23. The van der Waals surface area contributed by atoms with E-state index in [1.54, 1.807) is 7.11 Å². The zero-order valence-corrected chi connectivity index (χ0v) is 19.3. The van der Waals surface area contributed by atoms with E-state index >= 15 is 0 Å². The summed E-state index contributed by atoms with van der Waals surface area (Å²) in [5, 5.41) is 7.00. The number of rotatable bonds is 8. The Balaban J connectivity index is 0.00000160. The Morgan fingerprint density at radius 1 is 1.10 bits per heavy atom. The normalized spacial score (nSPS) is 21.8. The number of hydrogen-bond donors (Lipinski definition) is 3. The molecule has 8 nitrogen and oxygen atoms in total. The smallest absolute Gasteiger partial charge is 0.227 e. The minimum atomic E-state index is 0. The Hall–Kier alpha value is -1.35. The second kappa shape index (κ2) is 11.9. The standard InChI is InChI=1S/C20H33N7O.2ClH/c1-28-12-4-11-22-18-17-19(27(13-23-17)16-5-2-3-6-16)26-20(25-18)24-15-9-7-14(21)8-10-15;;/h13-16H,2-12,21H2,1H3,(H2,22,24,25,26);2*1H. The second-order valence-electron chi connectivity index (χ2n) is 8.19. The van der Waals surface area contributed by atoms with Crippen molar-refractivity contribution in [3.05, 3.63) is 6.33 Å². The molecule has 0 saturated heterocycles. The molecule has 2 heterocycles. The molecule has 170 valence electrons. The van der Waals surface area contributed by atoms with Crippen LogP contribution in [0.3, 0.4) is 0 Å². The molecular formula is C20H35Cl2N7O. The summed E-state index contributed by atoms with van der Waals surface area (Å²) in [7, 11) is 1.73. The number of ether oxygens (including phenoxy) is 1. The first-order valence-corrected chi connectivity index (χ1v) is 10.7. The third-order valence-corrected chi connectivity index (χ3v) is 6.06. The summed E-state index contributed by atoms with van der Waals surface area (Å²) in [4.78, 5) is 14.3. The number of nitrogens with two attached hydrogens (primary N) is 1. The van der Waals surface area contributed by atoms with E-state index in [2.05, 4.69) is 20.2 Å². The first-order chi connectivity index (χ1) is 13.7. The van der Waals surface area contributed by atoms with Gasteiger partial charge in [-0.3, -0.25) is 0 Å². The lowest BCUT2D eigenvalue weighted by Gasteiger charge is -2.27. The molecule has 0 radical (unpaired) electrons. The number of aromatic nitrogens is 4. The van der Waals surface area contributed by atoms with Gasteiger partial charge in [0.2, 0.25) is 5.95 Å². The minimum Gasteiger partial charge on any atom is -0.385 e. The maximum Gasteiger partial charge on any atom is 0.227 e. The molecule has 10 heteroatoms. The van der Waals surface area contributed by atoms with Crippen molar-refractivity contribution in [3.8, 4) is 0 Å². The van der Waals surface area contributed by atoms with Crippen molar-refractivity contribution in [1.82, 2.24) is 19.5 Å². The van der Waals surface area contributed by atoms with Gasteiger partial charge < -0.3 is 25.7 Å². The number of imidazole rings is 1. The van der Waals surface area contributed by atoms with E-state index in [0.717, 1.165) is 62.2 Å². The molecule has 0 bridgehead atoms. The van der Waals surface area contributed by atoms with Gasteiger partial charge in [-0.25, -0.2) is 4.98 Å². The van der Waals surface area contributed by atoms with Crippen molar-refractivity contribution in [3.63, 3.8) is 0 Å². The van der Waals surface area contributed by atoms with Crippen LogP contribution >= 0.6 is 24.8 Å². The fourth-order valence-corrected chi connectivity index (χ4v) is 4.42. The molecule has 0 unspecified atom stereocenters. The molecule has 0 aromatic carbocycles.